The molecular formula is H14O16Rh2S3. The maximum Gasteiger partial charge on any atom is 0.394 e. The van der Waals surface area contributed by atoms with Crippen molar-refractivity contribution in [2.45, 2.75) is 0 Å². The van der Waals surface area contributed by atoms with Crippen molar-refractivity contribution >= 4 is 31.2 Å². The smallest absolute Gasteiger partial charge is 0.394 e. The van der Waals surface area contributed by atoms with Crippen molar-refractivity contribution in [2.75, 3.05) is 0 Å². The summed E-state index contributed by atoms with van der Waals surface area (Å²) in [6.07, 6.45) is 0. The van der Waals surface area contributed by atoms with Crippen LogP contribution in [0.3, 0.4) is 0 Å². The summed E-state index contributed by atoms with van der Waals surface area (Å²) >= 11 is 0. The van der Waals surface area contributed by atoms with Gasteiger partial charge in [0.1, 0.15) is 0 Å². The Kier molecular flexibility index (Phi) is 63.1. The van der Waals surface area contributed by atoms with Crippen LogP contribution < -0.4 is 0 Å². The molecule has 21 heteroatoms. The van der Waals surface area contributed by atoms with Crippen molar-refractivity contribution in [2.24, 2.45) is 0 Å². The third-order valence-corrected chi connectivity index (χ3v) is 0. The molecule has 0 spiro atoms. The molecule has 0 heterocycles. The van der Waals surface area contributed by atoms with Crippen LogP contribution in [0.4, 0.5) is 0 Å². The van der Waals surface area contributed by atoms with Crippen LogP contribution in [-0.4, -0.2) is 74.5 Å². The van der Waals surface area contributed by atoms with Crippen LogP contribution in [0.2, 0.25) is 0 Å². The molecule has 0 aliphatic rings. The van der Waals surface area contributed by atoms with Gasteiger partial charge in [0.15, 0.2) is 0 Å². The number of hydrogen-bond acceptors (Lipinski definition) is 6. The summed E-state index contributed by atoms with van der Waals surface area (Å²) in [5.41, 5.74) is 0. The quantitative estimate of drug-likeness (QED) is 0.117. The Morgan fingerprint density at radius 2 is 0.381 bits per heavy atom. The fraction of sp³-hybridized carbons (Fsp3) is 0. The summed E-state index contributed by atoms with van der Waals surface area (Å²) in [6.45, 7) is 0. The minimum Gasteiger partial charge on any atom is -0.412 e. The normalized spacial score (nSPS) is 8.29. The van der Waals surface area contributed by atoms with Crippen LogP contribution in [0.1, 0.15) is 0 Å². The molecular weight excluding hydrogens is 558 g/mol. The molecule has 21 heavy (non-hydrogen) atoms. The van der Waals surface area contributed by atoms with Crippen molar-refractivity contribution in [3.05, 3.63) is 0 Å². The van der Waals surface area contributed by atoms with Crippen LogP contribution in [0.15, 0.2) is 0 Å². The van der Waals surface area contributed by atoms with Gasteiger partial charge in [-0.1, -0.05) is 0 Å². The molecule has 14 N–H and O–H groups in total. The van der Waals surface area contributed by atoms with E-state index in [0.29, 0.717) is 0 Å². The zero-order valence-electron chi connectivity index (χ0n) is 9.02. The summed E-state index contributed by atoms with van der Waals surface area (Å²) in [6, 6.07) is 0. The van der Waals surface area contributed by atoms with Crippen LogP contribution >= 0.6 is 0 Å². The van der Waals surface area contributed by atoms with Crippen LogP contribution in [-0.2, 0) is 70.2 Å². The Bertz CT molecular complexity index is 342. The van der Waals surface area contributed by atoms with E-state index in [1.54, 1.807) is 0 Å². The van der Waals surface area contributed by atoms with Gasteiger partial charge in [-0.15, -0.1) is 0 Å². The molecule has 0 bridgehead atoms. The second-order valence-electron chi connectivity index (χ2n) is 1.34. The first kappa shape index (κ1) is 57.7. The van der Waals surface area contributed by atoms with Crippen molar-refractivity contribution in [1.82, 2.24) is 0 Å². The van der Waals surface area contributed by atoms with Crippen molar-refractivity contribution < 1.29 is 113 Å². The minimum atomic E-state index is -4.67. The second kappa shape index (κ2) is 23.0. The van der Waals surface area contributed by atoms with Gasteiger partial charge in [0.25, 0.3) is 0 Å². The molecule has 0 saturated carbocycles. The molecule has 0 aliphatic carbocycles. The standard InChI is InChI=1S/3H2O4S.4H2O.2Rh/c3*1-5(2,3)4;;;;;;/h3*(H2,1,2,3,4);4*1H2;;. The molecule has 0 aliphatic heterocycles. The first-order valence-electron chi connectivity index (χ1n) is 2.10. The first-order valence-corrected chi connectivity index (χ1v) is 6.29. The Morgan fingerprint density at radius 1 is 0.381 bits per heavy atom. The van der Waals surface area contributed by atoms with Gasteiger partial charge in [-0.2, -0.15) is 25.3 Å². The van der Waals surface area contributed by atoms with Crippen LogP contribution in [0.25, 0.3) is 0 Å². The summed E-state index contributed by atoms with van der Waals surface area (Å²) in [7, 11) is -14.0. The monoisotopic (exact) mass is 572 g/mol. The molecule has 0 atom stereocenters. The summed E-state index contributed by atoms with van der Waals surface area (Å²) in [4.78, 5) is 0. The second-order valence-corrected chi connectivity index (χ2v) is 4.03. The Hall–Kier alpha value is 0.697. The predicted octanol–water partition coefficient (Wildman–Crippen LogP) is -5.26. The third kappa shape index (κ3) is 14900. The summed E-state index contributed by atoms with van der Waals surface area (Å²) in [5.74, 6) is 0. The Balaban J connectivity index is -0.0000000129. The molecule has 0 aromatic carbocycles. The fourth-order valence-corrected chi connectivity index (χ4v) is 0. The van der Waals surface area contributed by atoms with E-state index in [0.717, 1.165) is 0 Å². The topological polar surface area (TPSA) is 350 Å². The van der Waals surface area contributed by atoms with E-state index >= 15 is 0 Å². The number of hydrogen-bond donors (Lipinski definition) is 6. The molecule has 0 unspecified atom stereocenters. The van der Waals surface area contributed by atoms with E-state index in [4.69, 9.17) is 52.6 Å². The maximum absolute atomic E-state index is 8.74. The van der Waals surface area contributed by atoms with Gasteiger partial charge in [-0.3, -0.25) is 27.3 Å². The van der Waals surface area contributed by atoms with Crippen molar-refractivity contribution in [3.63, 3.8) is 0 Å². The average Bonchev–Trinajstić information content (AvgIpc) is 1.41. The van der Waals surface area contributed by atoms with Gasteiger partial charge in [-0.25, -0.2) is 0 Å². The van der Waals surface area contributed by atoms with E-state index in [1.807, 2.05) is 0 Å². The molecule has 0 fully saturated rings. The van der Waals surface area contributed by atoms with E-state index in [9.17, 15) is 0 Å². The zero-order valence-corrected chi connectivity index (χ0v) is 14.8. The molecule has 0 aromatic heterocycles. The SMILES string of the molecule is O.O.O.O.O=S(=O)(O)O.O=S(=O)(O)O.O=S(=O)(O)O.[Rh].[Rh]. The molecule has 0 saturated heterocycles. The molecule has 0 aromatic rings. The van der Waals surface area contributed by atoms with Gasteiger partial charge in [0, 0.05) is 39.0 Å². The molecule has 0 amide bonds. The van der Waals surface area contributed by atoms with Gasteiger partial charge in [0.2, 0.25) is 0 Å². The Morgan fingerprint density at radius 3 is 0.381 bits per heavy atom. The van der Waals surface area contributed by atoms with E-state index in [2.05, 4.69) is 0 Å². The minimum absolute atomic E-state index is 0. The van der Waals surface area contributed by atoms with E-state index in [-0.39, 0.29) is 60.9 Å². The van der Waals surface area contributed by atoms with Gasteiger partial charge < -0.3 is 21.9 Å². The van der Waals surface area contributed by atoms with Crippen molar-refractivity contribution in [1.29, 1.82) is 0 Å². The summed E-state index contributed by atoms with van der Waals surface area (Å²) < 4.78 is 94.8. The van der Waals surface area contributed by atoms with E-state index < -0.39 is 31.2 Å². The van der Waals surface area contributed by atoms with Crippen LogP contribution in [0.5, 0.6) is 0 Å². The van der Waals surface area contributed by atoms with Gasteiger partial charge in [0.05, 0.1) is 0 Å². The molecule has 16 nitrogen and oxygen atoms in total. The maximum atomic E-state index is 8.74. The first-order chi connectivity index (χ1) is 6.00. The summed E-state index contributed by atoms with van der Waals surface area (Å²) in [5, 5.41) is 0. The van der Waals surface area contributed by atoms with E-state index in [1.165, 1.54) is 0 Å². The fourth-order valence-electron chi connectivity index (χ4n) is 0. The van der Waals surface area contributed by atoms with Gasteiger partial charge in [-0.05, 0) is 0 Å². The van der Waals surface area contributed by atoms with Crippen LogP contribution in [0, 0.1) is 0 Å². The zero-order chi connectivity index (χ0) is 13.5. The molecule has 0 rings (SSSR count). The molecule has 146 valence electrons. The predicted molar refractivity (Wildman–Crippen MR) is 57.0 cm³/mol. The number of rotatable bonds is 0. The average molecular weight is 572 g/mol. The Labute approximate surface area is 144 Å². The van der Waals surface area contributed by atoms with Crippen molar-refractivity contribution in [3.8, 4) is 0 Å². The largest absolute Gasteiger partial charge is 0.412 e. The molecule has 2 radical (unpaired) electrons. The third-order valence-electron chi connectivity index (χ3n) is 0. The van der Waals surface area contributed by atoms with Gasteiger partial charge >= 0.3 is 31.2 Å².